The van der Waals surface area contributed by atoms with Crippen LogP contribution in [0, 0.1) is 5.92 Å². The van der Waals surface area contributed by atoms with Crippen molar-refractivity contribution in [2.75, 3.05) is 19.7 Å². The van der Waals surface area contributed by atoms with Crippen molar-refractivity contribution in [3.63, 3.8) is 0 Å². The maximum absolute atomic E-state index is 9.21. The fourth-order valence-electron chi connectivity index (χ4n) is 2.98. The molecule has 4 nitrogen and oxygen atoms in total. The first-order valence-electron chi connectivity index (χ1n) is 7.59. The predicted molar refractivity (Wildman–Crippen MR) is 87.8 cm³/mol. The summed E-state index contributed by atoms with van der Waals surface area (Å²) in [5, 5.41) is 10.1. The second-order valence-corrected chi connectivity index (χ2v) is 6.86. The standard InChI is InChI=1S/C17H18N2O2S/c20-11-12-7-8-19(9-12)10-13-5-6-15(21-13)17-18-14-3-1-2-4-16(14)22-17/h1-6,12,20H,7-11H2. The fraction of sp³-hybridized carbons (Fsp3) is 0.353. The molecule has 1 N–H and O–H groups in total. The third-order valence-electron chi connectivity index (χ3n) is 4.17. The SMILES string of the molecule is OCC1CCN(Cc2ccc(-c3nc4ccccc4s3)o2)C1. The summed E-state index contributed by atoms with van der Waals surface area (Å²) in [4.78, 5) is 6.97. The summed E-state index contributed by atoms with van der Waals surface area (Å²) in [6, 6.07) is 12.2. The average molecular weight is 314 g/mol. The van der Waals surface area contributed by atoms with Gasteiger partial charge in [-0.25, -0.2) is 4.98 Å². The van der Waals surface area contributed by atoms with Gasteiger partial charge in [0.25, 0.3) is 0 Å². The summed E-state index contributed by atoms with van der Waals surface area (Å²) in [7, 11) is 0. The molecule has 0 spiro atoms. The van der Waals surface area contributed by atoms with E-state index in [1.807, 2.05) is 30.3 Å². The van der Waals surface area contributed by atoms with E-state index >= 15 is 0 Å². The highest BCUT2D eigenvalue weighted by Crippen LogP contribution is 2.31. The van der Waals surface area contributed by atoms with Gasteiger partial charge in [0.2, 0.25) is 0 Å². The highest BCUT2D eigenvalue weighted by Gasteiger charge is 2.22. The van der Waals surface area contributed by atoms with Gasteiger partial charge in [0.05, 0.1) is 16.8 Å². The molecular formula is C17H18N2O2S. The summed E-state index contributed by atoms with van der Waals surface area (Å²) >= 11 is 1.66. The third-order valence-corrected chi connectivity index (χ3v) is 5.22. The van der Waals surface area contributed by atoms with Gasteiger partial charge in [0.15, 0.2) is 10.8 Å². The van der Waals surface area contributed by atoms with Crippen LogP contribution in [0.5, 0.6) is 0 Å². The smallest absolute Gasteiger partial charge is 0.163 e. The maximum atomic E-state index is 9.21. The van der Waals surface area contributed by atoms with Gasteiger partial charge >= 0.3 is 0 Å². The zero-order valence-electron chi connectivity index (χ0n) is 12.2. The molecule has 1 atom stereocenters. The zero-order valence-corrected chi connectivity index (χ0v) is 13.1. The lowest BCUT2D eigenvalue weighted by Gasteiger charge is -2.13. The molecule has 1 saturated heterocycles. The minimum Gasteiger partial charge on any atom is -0.457 e. The van der Waals surface area contributed by atoms with E-state index in [1.54, 1.807) is 11.3 Å². The second kappa shape index (κ2) is 5.83. The number of para-hydroxylation sites is 1. The number of rotatable bonds is 4. The molecule has 1 aliphatic heterocycles. The first-order chi connectivity index (χ1) is 10.8. The van der Waals surface area contributed by atoms with Crippen molar-refractivity contribution < 1.29 is 9.52 Å². The molecule has 0 aliphatic carbocycles. The minimum absolute atomic E-state index is 0.283. The minimum atomic E-state index is 0.283. The Morgan fingerprint density at radius 2 is 2.18 bits per heavy atom. The normalized spacial score (nSPS) is 19.2. The van der Waals surface area contributed by atoms with Gasteiger partial charge in [-0.15, -0.1) is 11.3 Å². The average Bonchev–Trinajstić information content (AvgIpc) is 3.26. The highest BCUT2D eigenvalue weighted by molar-refractivity contribution is 7.21. The molecule has 114 valence electrons. The second-order valence-electron chi connectivity index (χ2n) is 5.83. The van der Waals surface area contributed by atoms with E-state index in [-0.39, 0.29) is 6.61 Å². The Labute approximate surface area is 133 Å². The van der Waals surface area contributed by atoms with Crippen LogP contribution < -0.4 is 0 Å². The van der Waals surface area contributed by atoms with Gasteiger partial charge in [-0.2, -0.15) is 0 Å². The van der Waals surface area contributed by atoms with Crippen LogP contribution in [0.3, 0.4) is 0 Å². The Balaban J connectivity index is 1.51. The first kappa shape index (κ1) is 13.9. The molecule has 3 heterocycles. The van der Waals surface area contributed by atoms with Crippen LogP contribution in [0.2, 0.25) is 0 Å². The van der Waals surface area contributed by atoms with E-state index in [1.165, 1.54) is 4.70 Å². The van der Waals surface area contributed by atoms with Crippen LogP contribution in [-0.2, 0) is 6.54 Å². The summed E-state index contributed by atoms with van der Waals surface area (Å²) in [6.07, 6.45) is 1.07. The number of fused-ring (bicyclic) bond motifs is 1. The Hall–Kier alpha value is -1.69. The van der Waals surface area contributed by atoms with Gasteiger partial charge < -0.3 is 9.52 Å². The molecule has 1 aromatic carbocycles. The Kier molecular flexibility index (Phi) is 3.70. The number of hydrogen-bond donors (Lipinski definition) is 1. The lowest BCUT2D eigenvalue weighted by Crippen LogP contribution is -2.20. The fourth-order valence-corrected chi connectivity index (χ4v) is 3.91. The van der Waals surface area contributed by atoms with Crippen LogP contribution in [0.1, 0.15) is 12.2 Å². The van der Waals surface area contributed by atoms with Crippen molar-refractivity contribution in [3.05, 3.63) is 42.2 Å². The predicted octanol–water partition coefficient (Wildman–Crippen LogP) is 3.37. The lowest BCUT2D eigenvalue weighted by atomic mass is 10.1. The van der Waals surface area contributed by atoms with Crippen molar-refractivity contribution in [2.24, 2.45) is 5.92 Å². The Bertz CT molecular complexity index is 747. The number of aliphatic hydroxyl groups excluding tert-OH is 1. The molecule has 22 heavy (non-hydrogen) atoms. The monoisotopic (exact) mass is 314 g/mol. The molecule has 0 saturated carbocycles. The molecule has 0 bridgehead atoms. The maximum Gasteiger partial charge on any atom is 0.163 e. The van der Waals surface area contributed by atoms with Crippen molar-refractivity contribution >= 4 is 21.6 Å². The lowest BCUT2D eigenvalue weighted by molar-refractivity contribution is 0.216. The molecule has 5 heteroatoms. The van der Waals surface area contributed by atoms with Gasteiger partial charge in [-0.05, 0) is 43.1 Å². The molecule has 1 aliphatic rings. The Morgan fingerprint density at radius 3 is 3.00 bits per heavy atom. The number of aliphatic hydroxyl groups is 1. The summed E-state index contributed by atoms with van der Waals surface area (Å²) in [5.41, 5.74) is 1.02. The van der Waals surface area contributed by atoms with Gasteiger partial charge in [0, 0.05) is 13.2 Å². The van der Waals surface area contributed by atoms with Crippen LogP contribution in [-0.4, -0.2) is 34.7 Å². The van der Waals surface area contributed by atoms with Crippen molar-refractivity contribution in [1.29, 1.82) is 0 Å². The number of likely N-dealkylation sites (tertiary alicyclic amines) is 1. The van der Waals surface area contributed by atoms with Crippen molar-refractivity contribution in [3.8, 4) is 10.8 Å². The number of aromatic nitrogens is 1. The van der Waals surface area contributed by atoms with E-state index in [0.717, 1.165) is 48.1 Å². The van der Waals surface area contributed by atoms with Crippen molar-refractivity contribution in [1.82, 2.24) is 9.88 Å². The number of thiazole rings is 1. The summed E-state index contributed by atoms with van der Waals surface area (Å²) < 4.78 is 7.16. The van der Waals surface area contributed by atoms with Gasteiger partial charge in [-0.1, -0.05) is 12.1 Å². The van der Waals surface area contributed by atoms with E-state index in [9.17, 15) is 5.11 Å². The Morgan fingerprint density at radius 1 is 1.27 bits per heavy atom. The molecule has 0 radical (unpaired) electrons. The third kappa shape index (κ3) is 2.67. The highest BCUT2D eigenvalue weighted by atomic mass is 32.1. The molecular weight excluding hydrogens is 296 g/mol. The van der Waals surface area contributed by atoms with Gasteiger partial charge in [0.1, 0.15) is 5.76 Å². The molecule has 4 rings (SSSR count). The van der Waals surface area contributed by atoms with E-state index in [2.05, 4.69) is 16.0 Å². The van der Waals surface area contributed by atoms with Crippen LogP contribution >= 0.6 is 11.3 Å². The van der Waals surface area contributed by atoms with E-state index < -0.39 is 0 Å². The topological polar surface area (TPSA) is 49.5 Å². The van der Waals surface area contributed by atoms with Crippen LogP contribution in [0.4, 0.5) is 0 Å². The summed E-state index contributed by atoms with van der Waals surface area (Å²) in [6.45, 7) is 3.07. The zero-order chi connectivity index (χ0) is 14.9. The molecule has 1 fully saturated rings. The van der Waals surface area contributed by atoms with E-state index in [0.29, 0.717) is 5.92 Å². The summed E-state index contributed by atoms with van der Waals surface area (Å²) in [5.74, 6) is 2.22. The molecule has 3 aromatic rings. The number of furan rings is 1. The molecule has 1 unspecified atom stereocenters. The number of hydrogen-bond acceptors (Lipinski definition) is 5. The van der Waals surface area contributed by atoms with Gasteiger partial charge in [-0.3, -0.25) is 4.90 Å². The quantitative estimate of drug-likeness (QED) is 0.802. The van der Waals surface area contributed by atoms with Crippen molar-refractivity contribution in [2.45, 2.75) is 13.0 Å². The van der Waals surface area contributed by atoms with E-state index in [4.69, 9.17) is 4.42 Å². The number of nitrogens with zero attached hydrogens (tertiary/aromatic N) is 2. The first-order valence-corrected chi connectivity index (χ1v) is 8.41. The number of benzene rings is 1. The largest absolute Gasteiger partial charge is 0.457 e. The molecule has 0 amide bonds. The van der Waals surface area contributed by atoms with Crippen LogP contribution in [0.25, 0.3) is 21.0 Å². The van der Waals surface area contributed by atoms with Crippen LogP contribution in [0.15, 0.2) is 40.8 Å². The molecule has 2 aromatic heterocycles.